The molecule has 1 aliphatic heterocycles. The summed E-state index contributed by atoms with van der Waals surface area (Å²) in [6, 6.07) is 0. The molecule has 0 bridgehead atoms. The molecule has 1 heterocycles. The van der Waals surface area contributed by atoms with Crippen molar-refractivity contribution in [3.63, 3.8) is 0 Å². The van der Waals surface area contributed by atoms with E-state index in [0.717, 1.165) is 43.2 Å². The Kier molecular flexibility index (Phi) is 3.40. The van der Waals surface area contributed by atoms with Gasteiger partial charge in [-0.05, 0) is 67.3 Å². The smallest absolute Gasteiger partial charge is 0.501 e. The average Bonchev–Trinajstić information content (AvgIpc) is 3.11. The highest BCUT2D eigenvalue weighted by atomic mass is 32.3. The molecule has 2 saturated carbocycles. The van der Waals surface area contributed by atoms with Crippen LogP contribution in [-0.4, -0.2) is 24.7 Å². The Bertz CT molecular complexity index is 991. The van der Waals surface area contributed by atoms with Crippen LogP contribution in [0.5, 0.6) is 17.2 Å². The summed E-state index contributed by atoms with van der Waals surface area (Å²) < 4.78 is 33.9. The summed E-state index contributed by atoms with van der Waals surface area (Å²) in [5, 5.41) is 21.0. The number of phenolic OH excluding ortho intramolecular Hbond substituents is 1. The Labute approximate surface area is 158 Å². The lowest BCUT2D eigenvalue weighted by Gasteiger charge is -2.50. The Hall–Kier alpha value is -1.91. The molecular weight excluding hydrogens is 368 g/mol. The molecule has 0 unspecified atom stereocenters. The zero-order chi connectivity index (χ0) is 19.1. The number of benzene rings is 1. The van der Waals surface area contributed by atoms with E-state index in [1.54, 1.807) is 0 Å². The molecule has 0 saturated heterocycles. The zero-order valence-corrected chi connectivity index (χ0v) is 15.9. The van der Waals surface area contributed by atoms with E-state index in [4.69, 9.17) is 14.8 Å². The van der Waals surface area contributed by atoms with Gasteiger partial charge in [0.2, 0.25) is 5.75 Å². The van der Waals surface area contributed by atoms with Crippen LogP contribution in [0.3, 0.4) is 0 Å². The summed E-state index contributed by atoms with van der Waals surface area (Å²) in [5.74, 6) is 2.93. The first-order valence-electron chi connectivity index (χ1n) is 9.47. The van der Waals surface area contributed by atoms with Gasteiger partial charge in [-0.3, -0.25) is 0 Å². The van der Waals surface area contributed by atoms with Gasteiger partial charge in [-0.2, -0.15) is 0 Å². The zero-order valence-electron chi connectivity index (χ0n) is 15.1. The molecule has 7 heteroatoms. The predicted molar refractivity (Wildman–Crippen MR) is 96.8 cm³/mol. The van der Waals surface area contributed by atoms with Crippen molar-refractivity contribution in [2.75, 3.05) is 0 Å². The molecule has 0 aromatic heterocycles. The summed E-state index contributed by atoms with van der Waals surface area (Å²) in [4.78, 5) is 0. The van der Waals surface area contributed by atoms with Crippen LogP contribution in [0.25, 0.3) is 0 Å². The number of aliphatic hydroxyl groups excluding tert-OH is 1. The van der Waals surface area contributed by atoms with Crippen molar-refractivity contribution in [2.45, 2.75) is 57.5 Å². The second-order valence-corrected chi connectivity index (χ2v) is 9.70. The number of hydrogen-bond donors (Lipinski definition) is 2. The van der Waals surface area contributed by atoms with Gasteiger partial charge in [-0.25, -0.2) is 0 Å². The van der Waals surface area contributed by atoms with Crippen molar-refractivity contribution in [2.24, 2.45) is 17.3 Å². The molecule has 3 aliphatic carbocycles. The number of fused-ring (bicyclic) bond motifs is 7. The van der Waals surface area contributed by atoms with Crippen molar-refractivity contribution in [3.05, 3.63) is 16.7 Å². The van der Waals surface area contributed by atoms with Crippen LogP contribution in [-0.2, 0) is 16.8 Å². The predicted octanol–water partition coefficient (Wildman–Crippen LogP) is 2.61. The number of terminal acetylenes is 1. The molecule has 144 valence electrons. The summed E-state index contributed by atoms with van der Waals surface area (Å²) >= 11 is 0. The van der Waals surface area contributed by atoms with Gasteiger partial charge in [0, 0.05) is 5.56 Å². The fourth-order valence-corrected chi connectivity index (χ4v) is 7.04. The maximum absolute atomic E-state index is 11.9. The first kappa shape index (κ1) is 17.2. The molecule has 5 atom stereocenters. The first-order chi connectivity index (χ1) is 12.8. The van der Waals surface area contributed by atoms with Crippen LogP contribution in [0.1, 0.15) is 61.6 Å². The van der Waals surface area contributed by atoms with Gasteiger partial charge in [-0.1, -0.05) is 12.8 Å². The summed E-state index contributed by atoms with van der Waals surface area (Å²) in [6.07, 6.45) is 10.4. The van der Waals surface area contributed by atoms with Crippen molar-refractivity contribution in [1.29, 1.82) is 0 Å². The van der Waals surface area contributed by atoms with Gasteiger partial charge in [0.25, 0.3) is 0 Å². The van der Waals surface area contributed by atoms with Crippen molar-refractivity contribution >= 4 is 10.4 Å². The van der Waals surface area contributed by atoms with Crippen LogP contribution in [0.4, 0.5) is 0 Å². The Morgan fingerprint density at radius 3 is 2.67 bits per heavy atom. The third-order valence-electron chi connectivity index (χ3n) is 7.53. The minimum absolute atomic E-state index is 0.0862. The van der Waals surface area contributed by atoms with E-state index in [0.29, 0.717) is 23.8 Å². The van der Waals surface area contributed by atoms with Crippen LogP contribution < -0.4 is 8.37 Å². The van der Waals surface area contributed by atoms with Gasteiger partial charge >= 0.3 is 10.4 Å². The standard InChI is InChI=1S/C20H22O6S/c1-3-10-12-5-4-11-13(8-9-20(2)14(11)6-7-15(20)21)16(12)18-19(17(10)22)26-27(23,24)25-18/h1,11,13-15,21-22H,4-9H2,2H3/t11-,13-,14-,15-,20-/m0/s1. The second-order valence-electron chi connectivity index (χ2n) is 8.55. The molecular formula is C20H22O6S. The largest absolute Gasteiger partial charge is 0.503 e. The van der Waals surface area contributed by atoms with E-state index in [1.807, 2.05) is 0 Å². The monoisotopic (exact) mass is 390 g/mol. The second kappa shape index (κ2) is 5.33. The quantitative estimate of drug-likeness (QED) is 0.662. The minimum Gasteiger partial charge on any atom is -0.503 e. The fraction of sp³-hybridized carbons (Fsp3) is 0.600. The molecule has 6 nitrogen and oxygen atoms in total. The molecule has 0 amide bonds. The third-order valence-corrected chi connectivity index (χ3v) is 8.27. The maximum atomic E-state index is 11.9. The van der Waals surface area contributed by atoms with E-state index in [9.17, 15) is 18.6 Å². The number of aromatic hydroxyl groups is 1. The van der Waals surface area contributed by atoms with E-state index in [2.05, 4.69) is 12.8 Å². The van der Waals surface area contributed by atoms with Crippen LogP contribution >= 0.6 is 0 Å². The SMILES string of the molecule is C#Cc1c(O)c2c(c3c1CC[C@H]1[C@@H]3CC[C@]3(C)[C@@H](O)CC[C@@H]13)OS(=O)(=O)O2. The minimum atomic E-state index is -4.23. The molecule has 27 heavy (non-hydrogen) atoms. The topological polar surface area (TPSA) is 93.1 Å². The van der Waals surface area contributed by atoms with E-state index in [1.165, 1.54) is 0 Å². The Morgan fingerprint density at radius 2 is 1.93 bits per heavy atom. The molecule has 4 aliphatic rings. The summed E-state index contributed by atoms with van der Waals surface area (Å²) in [6.45, 7) is 2.18. The van der Waals surface area contributed by atoms with Crippen molar-refractivity contribution in [1.82, 2.24) is 0 Å². The molecule has 1 aromatic rings. The molecule has 1 aromatic carbocycles. The number of aliphatic hydroxyl groups is 1. The molecule has 2 fully saturated rings. The highest BCUT2D eigenvalue weighted by molar-refractivity contribution is 7.82. The lowest BCUT2D eigenvalue weighted by Crippen LogP contribution is -2.44. The maximum Gasteiger partial charge on any atom is 0.501 e. The number of rotatable bonds is 0. The fourth-order valence-electron chi connectivity index (χ4n) is 6.28. The number of hydrogen-bond acceptors (Lipinski definition) is 6. The molecule has 0 spiro atoms. The lowest BCUT2D eigenvalue weighted by atomic mass is 9.55. The third kappa shape index (κ3) is 2.14. The van der Waals surface area contributed by atoms with E-state index >= 15 is 0 Å². The van der Waals surface area contributed by atoms with Crippen molar-refractivity contribution in [3.8, 4) is 29.6 Å². The van der Waals surface area contributed by atoms with Gasteiger partial charge in [0.05, 0.1) is 11.7 Å². The van der Waals surface area contributed by atoms with Gasteiger partial charge in [0.15, 0.2) is 11.5 Å². The average molecular weight is 390 g/mol. The van der Waals surface area contributed by atoms with Gasteiger partial charge in [-0.15, -0.1) is 14.8 Å². The van der Waals surface area contributed by atoms with E-state index < -0.39 is 10.4 Å². The van der Waals surface area contributed by atoms with E-state index in [-0.39, 0.29) is 34.7 Å². The van der Waals surface area contributed by atoms with Crippen molar-refractivity contribution < 1.29 is 27.0 Å². The molecule has 0 radical (unpaired) electrons. The highest BCUT2D eigenvalue weighted by Crippen LogP contribution is 2.64. The lowest BCUT2D eigenvalue weighted by molar-refractivity contribution is -0.0228. The van der Waals surface area contributed by atoms with Crippen LogP contribution in [0, 0.1) is 29.6 Å². The number of phenols is 1. The molecule has 2 N–H and O–H groups in total. The Balaban J connectivity index is 1.69. The van der Waals surface area contributed by atoms with Gasteiger partial charge < -0.3 is 18.6 Å². The Morgan fingerprint density at radius 1 is 1.19 bits per heavy atom. The molecule has 5 rings (SSSR count). The summed E-state index contributed by atoms with van der Waals surface area (Å²) in [7, 11) is -4.23. The normalized spacial score (nSPS) is 37.8. The van der Waals surface area contributed by atoms with Crippen LogP contribution in [0.15, 0.2) is 0 Å². The highest BCUT2D eigenvalue weighted by Gasteiger charge is 2.56. The van der Waals surface area contributed by atoms with Crippen LogP contribution in [0.2, 0.25) is 0 Å². The first-order valence-corrected chi connectivity index (χ1v) is 10.8. The van der Waals surface area contributed by atoms with Gasteiger partial charge in [0.1, 0.15) is 0 Å². The summed E-state index contributed by atoms with van der Waals surface area (Å²) in [5.41, 5.74) is 1.81.